The molecule has 0 radical (unpaired) electrons. The van der Waals surface area contributed by atoms with Crippen LogP contribution < -0.4 is 20.7 Å². The molecule has 0 bridgehead atoms. The Morgan fingerprint density at radius 3 is 1.93 bits per heavy atom. The Kier molecular flexibility index (Phi) is 6.89. The minimum Gasteiger partial charge on any atom is -0.457 e. The van der Waals surface area contributed by atoms with Gasteiger partial charge in [-0.2, -0.15) is 0 Å². The van der Waals surface area contributed by atoms with Crippen LogP contribution in [0, 0.1) is 0 Å². The van der Waals surface area contributed by atoms with Crippen molar-refractivity contribution in [2.75, 3.05) is 0 Å². The van der Waals surface area contributed by atoms with E-state index in [2.05, 4.69) is 150 Å². The molecular weight excluding hydrogens is 754 g/mol. The normalized spacial score (nSPS) is 17.7. The summed E-state index contributed by atoms with van der Waals surface area (Å²) in [5.74, 6) is 1.54. The third kappa shape index (κ3) is 4.38. The molecule has 2 unspecified atom stereocenters. The van der Waals surface area contributed by atoms with Gasteiger partial charge < -0.3 is 18.3 Å². The van der Waals surface area contributed by atoms with Gasteiger partial charge in [-0.1, -0.05) is 152 Å². The van der Waals surface area contributed by atoms with Crippen LogP contribution in [0.1, 0.15) is 22.3 Å². The van der Waals surface area contributed by atoms with Crippen molar-refractivity contribution in [2.24, 2.45) is 0 Å². The zero-order chi connectivity index (χ0) is 39.6. The van der Waals surface area contributed by atoms with Gasteiger partial charge in [0, 0.05) is 54.3 Å². The van der Waals surface area contributed by atoms with Crippen LogP contribution in [0.3, 0.4) is 0 Å². The standard InChI is InChI=1S/C55H34NO3P/c57-60(38-17-5-2-6-18-38)53-26-14-10-22-45(53)55(46-33-42-41-20-8-12-24-49(41)58-51(42)34-54(46)60)43-21-9-13-25-50(43)59-52-32-36(28-30-44(52)55)35-27-29-40-39-19-7-11-23-47(39)56(48(40)31-35)37-15-3-1-4-16-37/h1-34H. The van der Waals surface area contributed by atoms with E-state index in [0.717, 1.165) is 93.9 Å². The molecule has 1 spiro atoms. The maximum atomic E-state index is 16.5. The number of aromatic nitrogens is 1. The molecule has 11 aromatic rings. The van der Waals surface area contributed by atoms with Crippen LogP contribution in [0.5, 0.6) is 11.5 Å². The molecule has 2 aliphatic rings. The van der Waals surface area contributed by atoms with Gasteiger partial charge in [-0.15, -0.1) is 0 Å². The molecule has 4 nitrogen and oxygen atoms in total. The first-order valence-corrected chi connectivity index (χ1v) is 22.1. The predicted octanol–water partition coefficient (Wildman–Crippen LogP) is 12.8. The molecule has 0 fully saturated rings. The van der Waals surface area contributed by atoms with Crippen molar-refractivity contribution >= 4 is 66.8 Å². The number of benzene rings is 9. The molecule has 13 rings (SSSR count). The van der Waals surface area contributed by atoms with Crippen molar-refractivity contribution in [1.29, 1.82) is 0 Å². The van der Waals surface area contributed by atoms with E-state index >= 15 is 4.57 Å². The maximum Gasteiger partial charge on any atom is 0.171 e. The van der Waals surface area contributed by atoms with E-state index in [1.165, 1.54) is 16.3 Å². The molecule has 282 valence electrons. The van der Waals surface area contributed by atoms with Crippen molar-refractivity contribution in [3.05, 3.63) is 229 Å². The Bertz CT molecular complexity index is 3620. The molecule has 9 aromatic carbocycles. The van der Waals surface area contributed by atoms with Crippen LogP contribution in [0.15, 0.2) is 211 Å². The number of furan rings is 1. The van der Waals surface area contributed by atoms with E-state index in [1.54, 1.807) is 0 Å². The SMILES string of the molecule is O=P1(c2ccccc2)c2ccccc2C2(c3ccccc3Oc3cc(-c4ccc5c6ccccc6n(-c6ccccc6)c5c4)ccc32)c2cc3c(cc21)oc1ccccc13. The number of para-hydroxylation sites is 4. The van der Waals surface area contributed by atoms with E-state index in [-0.39, 0.29) is 0 Å². The predicted molar refractivity (Wildman–Crippen MR) is 245 cm³/mol. The number of nitrogens with zero attached hydrogens (tertiary/aromatic N) is 1. The first-order valence-electron chi connectivity index (χ1n) is 20.4. The molecule has 0 N–H and O–H groups in total. The average molecular weight is 788 g/mol. The van der Waals surface area contributed by atoms with Gasteiger partial charge in [-0.25, -0.2) is 0 Å². The summed E-state index contributed by atoms with van der Waals surface area (Å²) in [6.07, 6.45) is 0. The second-order valence-electron chi connectivity index (χ2n) is 15.9. The number of fused-ring (bicyclic) bond motifs is 14. The van der Waals surface area contributed by atoms with Gasteiger partial charge in [0.1, 0.15) is 22.7 Å². The topological polar surface area (TPSA) is 44.4 Å². The fourth-order valence-corrected chi connectivity index (χ4v) is 13.5. The zero-order valence-electron chi connectivity index (χ0n) is 32.2. The summed E-state index contributed by atoms with van der Waals surface area (Å²) < 4.78 is 32.4. The molecule has 60 heavy (non-hydrogen) atoms. The first-order chi connectivity index (χ1) is 29.6. The van der Waals surface area contributed by atoms with Crippen molar-refractivity contribution in [2.45, 2.75) is 5.41 Å². The molecule has 0 amide bonds. The highest BCUT2D eigenvalue weighted by atomic mass is 31.2. The summed E-state index contributed by atoms with van der Waals surface area (Å²) in [5, 5.41) is 6.84. The Balaban J connectivity index is 1.11. The smallest absolute Gasteiger partial charge is 0.171 e. The fourth-order valence-electron chi connectivity index (χ4n) is 10.4. The first kappa shape index (κ1) is 33.6. The number of ether oxygens (including phenoxy) is 1. The Labute approximate surface area is 345 Å². The highest BCUT2D eigenvalue weighted by Gasteiger charge is 2.55. The summed E-state index contributed by atoms with van der Waals surface area (Å²) in [6, 6.07) is 71.8. The summed E-state index contributed by atoms with van der Waals surface area (Å²) in [4.78, 5) is 0. The van der Waals surface area contributed by atoms with Gasteiger partial charge in [0.05, 0.1) is 16.4 Å². The minimum atomic E-state index is -3.44. The monoisotopic (exact) mass is 787 g/mol. The van der Waals surface area contributed by atoms with E-state index in [0.29, 0.717) is 0 Å². The Morgan fingerprint density at radius 1 is 0.417 bits per heavy atom. The Morgan fingerprint density at radius 2 is 1.07 bits per heavy atom. The Hall–Kier alpha value is -7.39. The van der Waals surface area contributed by atoms with Crippen molar-refractivity contribution in [3.63, 3.8) is 0 Å². The molecule has 4 heterocycles. The van der Waals surface area contributed by atoms with Crippen molar-refractivity contribution < 1.29 is 13.7 Å². The fraction of sp³-hybridized carbons (Fsp3) is 0.0182. The van der Waals surface area contributed by atoms with Crippen molar-refractivity contribution in [1.82, 2.24) is 4.57 Å². The van der Waals surface area contributed by atoms with Gasteiger partial charge in [-0.05, 0) is 76.9 Å². The van der Waals surface area contributed by atoms with Gasteiger partial charge in [0.25, 0.3) is 0 Å². The highest BCUT2D eigenvalue weighted by Crippen LogP contribution is 2.62. The summed E-state index contributed by atoms with van der Waals surface area (Å²) in [7, 11) is -3.44. The molecule has 2 aliphatic heterocycles. The van der Waals surface area contributed by atoms with Gasteiger partial charge in [-0.3, -0.25) is 0 Å². The lowest BCUT2D eigenvalue weighted by Gasteiger charge is -2.47. The van der Waals surface area contributed by atoms with E-state index in [4.69, 9.17) is 9.15 Å². The van der Waals surface area contributed by atoms with Gasteiger partial charge in [0.15, 0.2) is 7.14 Å². The van der Waals surface area contributed by atoms with Crippen LogP contribution in [0.25, 0.3) is 60.6 Å². The van der Waals surface area contributed by atoms with Crippen LogP contribution in [-0.2, 0) is 9.98 Å². The molecule has 0 saturated carbocycles. The van der Waals surface area contributed by atoms with E-state index in [1.807, 2.05) is 60.7 Å². The zero-order valence-corrected chi connectivity index (χ0v) is 33.1. The molecule has 5 heteroatoms. The minimum absolute atomic E-state index is 0.722. The number of hydrogen-bond acceptors (Lipinski definition) is 3. The number of rotatable bonds is 3. The molecule has 2 atom stereocenters. The van der Waals surface area contributed by atoms with Gasteiger partial charge in [0.2, 0.25) is 0 Å². The lowest BCUT2D eigenvalue weighted by atomic mass is 9.63. The van der Waals surface area contributed by atoms with Gasteiger partial charge >= 0.3 is 0 Å². The van der Waals surface area contributed by atoms with Crippen LogP contribution >= 0.6 is 7.14 Å². The second-order valence-corrected chi connectivity index (χ2v) is 18.6. The molecule has 0 saturated heterocycles. The maximum absolute atomic E-state index is 16.5. The van der Waals surface area contributed by atoms with Crippen LogP contribution in [0.2, 0.25) is 0 Å². The lowest BCUT2D eigenvalue weighted by Crippen LogP contribution is -2.47. The summed E-state index contributed by atoms with van der Waals surface area (Å²) in [6.45, 7) is 0. The molecule has 0 aliphatic carbocycles. The van der Waals surface area contributed by atoms with E-state index < -0.39 is 12.6 Å². The lowest BCUT2D eigenvalue weighted by molar-refractivity contribution is 0.435. The highest BCUT2D eigenvalue weighted by molar-refractivity contribution is 7.85. The average Bonchev–Trinajstić information content (AvgIpc) is 3.85. The van der Waals surface area contributed by atoms with Crippen molar-refractivity contribution in [3.8, 4) is 28.3 Å². The summed E-state index contributed by atoms with van der Waals surface area (Å²) in [5.41, 5.74) is 10.2. The second kappa shape index (κ2) is 12.3. The summed E-state index contributed by atoms with van der Waals surface area (Å²) >= 11 is 0. The molecular formula is C55H34NO3P. The largest absolute Gasteiger partial charge is 0.457 e. The third-order valence-corrected chi connectivity index (χ3v) is 16.1. The third-order valence-electron chi connectivity index (χ3n) is 12.9. The quantitative estimate of drug-likeness (QED) is 0.168. The van der Waals surface area contributed by atoms with Crippen LogP contribution in [-0.4, -0.2) is 4.57 Å². The number of hydrogen-bond donors (Lipinski definition) is 0. The molecule has 2 aromatic heterocycles. The van der Waals surface area contributed by atoms with Crippen LogP contribution in [0.4, 0.5) is 0 Å². The van der Waals surface area contributed by atoms with E-state index in [9.17, 15) is 0 Å².